The number of hydrogen-bond acceptors (Lipinski definition) is 8. The maximum Gasteiger partial charge on any atom is 0.342 e. The van der Waals surface area contributed by atoms with Gasteiger partial charge >= 0.3 is 17.9 Å². The van der Waals surface area contributed by atoms with Crippen molar-refractivity contribution in [2.24, 2.45) is 0 Å². The van der Waals surface area contributed by atoms with E-state index in [1.54, 1.807) is 7.11 Å². The van der Waals surface area contributed by atoms with Crippen molar-refractivity contribution < 1.29 is 38.4 Å². The van der Waals surface area contributed by atoms with E-state index in [1.807, 2.05) is 19.9 Å². The van der Waals surface area contributed by atoms with Crippen LogP contribution in [-0.2, 0) is 36.8 Å². The molecule has 1 heterocycles. The number of cyclic esters (lactones) is 1. The zero-order chi connectivity index (χ0) is 35.9. The van der Waals surface area contributed by atoms with Gasteiger partial charge in [-0.25, -0.2) is 4.79 Å². The number of aromatic hydroxyl groups is 1. The predicted octanol–water partition coefficient (Wildman–Crippen LogP) is 10.3. The van der Waals surface area contributed by atoms with Gasteiger partial charge in [0, 0.05) is 30.4 Å². The van der Waals surface area contributed by atoms with Gasteiger partial charge in [-0.2, -0.15) is 0 Å². The second kappa shape index (κ2) is 24.8. The maximum atomic E-state index is 12.3. The number of hydrogen-bond donors (Lipinski definition) is 1. The number of ether oxygens (including phenoxy) is 4. The molecule has 49 heavy (non-hydrogen) atoms. The largest absolute Gasteiger partial charge is 0.507 e. The first kappa shape index (κ1) is 41.9. The number of phenolic OH excluding ortho intramolecular Hbond substituents is 1. The Balaban J connectivity index is 1.56. The number of benzene rings is 1. The molecule has 1 aromatic carbocycles. The van der Waals surface area contributed by atoms with E-state index in [-0.39, 0.29) is 36.0 Å². The van der Waals surface area contributed by atoms with Gasteiger partial charge in [0.1, 0.15) is 29.8 Å². The summed E-state index contributed by atoms with van der Waals surface area (Å²) >= 11 is 0. The molecule has 1 N–H and O–H groups in total. The normalized spacial score (nSPS) is 13.4. The molecule has 276 valence electrons. The zero-order valence-electron chi connectivity index (χ0n) is 31.2. The van der Waals surface area contributed by atoms with Gasteiger partial charge in [0.25, 0.3) is 0 Å². The van der Waals surface area contributed by atoms with Gasteiger partial charge in [0.2, 0.25) is 0 Å². The fraction of sp³-hybridized carbons (Fsp3) is 0.683. The second-order valence-corrected chi connectivity index (χ2v) is 13.4. The number of rotatable bonds is 27. The van der Waals surface area contributed by atoms with E-state index in [0.29, 0.717) is 49.2 Å². The van der Waals surface area contributed by atoms with E-state index in [2.05, 4.69) is 26.0 Å². The number of carbonyl (C=O) groups excluding carboxylic acids is 3. The van der Waals surface area contributed by atoms with Crippen LogP contribution >= 0.6 is 0 Å². The molecule has 0 unspecified atom stereocenters. The Labute approximate surface area is 296 Å². The number of unbranched alkanes of at least 4 members (excludes halogenated alkanes) is 11. The summed E-state index contributed by atoms with van der Waals surface area (Å²) in [5.41, 5.74) is 3.23. The molecule has 1 aliphatic heterocycles. The number of methoxy groups -OCH3 is 1. The molecule has 1 aromatic rings. The molecule has 1 atom stereocenters. The van der Waals surface area contributed by atoms with Crippen LogP contribution in [0, 0.1) is 6.92 Å². The Morgan fingerprint density at radius 2 is 1.57 bits per heavy atom. The van der Waals surface area contributed by atoms with E-state index in [4.69, 9.17) is 18.9 Å². The summed E-state index contributed by atoms with van der Waals surface area (Å²) in [6.07, 6.45) is 25.4. The molecular formula is C41H64O8. The Hall–Kier alpha value is -3.29. The van der Waals surface area contributed by atoms with Gasteiger partial charge in [-0.05, 0) is 70.8 Å². The lowest BCUT2D eigenvalue weighted by Gasteiger charge is -2.16. The Morgan fingerprint density at radius 3 is 2.31 bits per heavy atom. The van der Waals surface area contributed by atoms with Crippen molar-refractivity contribution in [1.29, 1.82) is 0 Å². The molecule has 0 saturated heterocycles. The molecule has 2 rings (SSSR count). The lowest BCUT2D eigenvalue weighted by atomic mass is 9.94. The minimum atomic E-state index is -0.515. The maximum absolute atomic E-state index is 12.3. The number of fused-ring (bicyclic) bond motifs is 1. The summed E-state index contributed by atoms with van der Waals surface area (Å²) in [4.78, 5) is 36.6. The number of carbonyl (C=O) groups is 3. The van der Waals surface area contributed by atoms with Crippen LogP contribution in [0.25, 0.3) is 0 Å². The molecule has 0 bridgehead atoms. The summed E-state index contributed by atoms with van der Waals surface area (Å²) in [7, 11) is 1.55. The van der Waals surface area contributed by atoms with Crippen LogP contribution in [0.3, 0.4) is 0 Å². The smallest absolute Gasteiger partial charge is 0.342 e. The quantitative estimate of drug-likeness (QED) is 0.0422. The first-order chi connectivity index (χ1) is 23.7. The third-order valence-electron chi connectivity index (χ3n) is 9.28. The Morgan fingerprint density at radius 1 is 0.878 bits per heavy atom. The van der Waals surface area contributed by atoms with E-state index in [9.17, 15) is 19.5 Å². The van der Waals surface area contributed by atoms with E-state index < -0.39 is 5.97 Å². The van der Waals surface area contributed by atoms with Crippen LogP contribution in [0.4, 0.5) is 0 Å². The highest BCUT2D eigenvalue weighted by Crippen LogP contribution is 2.42. The van der Waals surface area contributed by atoms with Crippen molar-refractivity contribution in [1.82, 2.24) is 0 Å². The van der Waals surface area contributed by atoms with Crippen molar-refractivity contribution in [3.05, 3.63) is 46.1 Å². The SMILES string of the molecule is CCCCCC[C@H](C/C=C\CCCCCCCCOC(=O)CC/C(C)=C/Cc1c(O)c2c(c(C)c1OC)COC2=O)OC(=O)CCCCC. The summed E-state index contributed by atoms with van der Waals surface area (Å²) in [6, 6.07) is 0. The minimum absolute atomic E-state index is 0.00612. The second-order valence-electron chi connectivity index (χ2n) is 13.4. The standard InChI is InChI=1S/C41H64O8/c1-6-8-10-19-22-33(49-37(43)24-18-9-7-2)23-20-16-14-12-11-13-15-17-21-29-47-36(42)28-26-31(3)25-27-34-39(44)38-35(30-48-41(38)45)32(4)40(34)46-5/h16,20,25,33,44H,6-15,17-19,21-24,26-30H2,1-5H3/b20-16-,31-25+/t33-/m1/s1. The van der Waals surface area contributed by atoms with Gasteiger partial charge in [-0.1, -0.05) is 95.4 Å². The zero-order valence-corrected chi connectivity index (χ0v) is 31.2. The van der Waals surface area contributed by atoms with Gasteiger partial charge in [0.15, 0.2) is 0 Å². The van der Waals surface area contributed by atoms with Crippen molar-refractivity contribution in [2.75, 3.05) is 13.7 Å². The van der Waals surface area contributed by atoms with Crippen molar-refractivity contribution >= 4 is 17.9 Å². The molecule has 0 amide bonds. The fourth-order valence-electron chi connectivity index (χ4n) is 6.19. The molecule has 1 aliphatic rings. The number of phenols is 1. The van der Waals surface area contributed by atoms with Crippen LogP contribution < -0.4 is 4.74 Å². The van der Waals surface area contributed by atoms with Crippen molar-refractivity contribution in [3.8, 4) is 11.5 Å². The van der Waals surface area contributed by atoms with Crippen LogP contribution in [0.15, 0.2) is 23.8 Å². The summed E-state index contributed by atoms with van der Waals surface area (Å²) in [5.74, 6) is -0.297. The summed E-state index contributed by atoms with van der Waals surface area (Å²) in [5, 5.41) is 10.8. The molecule has 0 spiro atoms. The average Bonchev–Trinajstić information content (AvgIpc) is 3.48. The van der Waals surface area contributed by atoms with E-state index in [0.717, 1.165) is 81.8 Å². The number of esters is 3. The molecule has 0 fully saturated rings. The lowest BCUT2D eigenvalue weighted by Crippen LogP contribution is -2.17. The third kappa shape index (κ3) is 15.9. The first-order valence-electron chi connectivity index (χ1n) is 19.0. The summed E-state index contributed by atoms with van der Waals surface area (Å²) < 4.78 is 21.9. The topological polar surface area (TPSA) is 108 Å². The van der Waals surface area contributed by atoms with Crippen LogP contribution in [-0.4, -0.2) is 42.8 Å². The van der Waals surface area contributed by atoms with Crippen molar-refractivity contribution in [3.63, 3.8) is 0 Å². The highest BCUT2D eigenvalue weighted by atomic mass is 16.5. The van der Waals surface area contributed by atoms with E-state index in [1.165, 1.54) is 32.1 Å². The van der Waals surface area contributed by atoms with Crippen molar-refractivity contribution in [2.45, 2.75) is 169 Å². The predicted molar refractivity (Wildman–Crippen MR) is 195 cm³/mol. The van der Waals surface area contributed by atoms with Crippen LogP contribution in [0.1, 0.15) is 170 Å². The molecule has 0 radical (unpaired) electrons. The lowest BCUT2D eigenvalue weighted by molar-refractivity contribution is -0.149. The minimum Gasteiger partial charge on any atom is -0.507 e. The molecule has 0 saturated carbocycles. The van der Waals surface area contributed by atoms with E-state index >= 15 is 0 Å². The highest BCUT2D eigenvalue weighted by molar-refractivity contribution is 5.98. The first-order valence-corrected chi connectivity index (χ1v) is 19.0. The van der Waals surface area contributed by atoms with Gasteiger partial charge < -0.3 is 24.1 Å². The molecular weight excluding hydrogens is 620 g/mol. The monoisotopic (exact) mass is 684 g/mol. The Bertz CT molecular complexity index is 1210. The molecule has 8 nitrogen and oxygen atoms in total. The van der Waals surface area contributed by atoms with Gasteiger partial charge in [0.05, 0.1) is 13.7 Å². The summed E-state index contributed by atoms with van der Waals surface area (Å²) in [6.45, 7) is 8.75. The molecule has 0 aliphatic carbocycles. The van der Waals surface area contributed by atoms with Gasteiger partial charge in [-0.3, -0.25) is 9.59 Å². The van der Waals surface area contributed by atoms with Crippen LogP contribution in [0.5, 0.6) is 11.5 Å². The number of allylic oxidation sites excluding steroid dienone is 3. The fourth-order valence-corrected chi connectivity index (χ4v) is 6.19. The Kier molecular flexibility index (Phi) is 21.2. The van der Waals surface area contributed by atoms with Crippen LogP contribution in [0.2, 0.25) is 0 Å². The highest BCUT2D eigenvalue weighted by Gasteiger charge is 2.31. The third-order valence-corrected chi connectivity index (χ3v) is 9.28. The molecule has 8 heteroatoms. The van der Waals surface area contributed by atoms with Gasteiger partial charge in [-0.15, -0.1) is 0 Å². The average molecular weight is 685 g/mol. The molecule has 0 aromatic heterocycles.